The maximum Gasteiger partial charge on any atom is 0.488 e. The SMILES string of the molecule is CS(=O)(=O)CCOC(=O)Nc1cccc(B(O)O)c1. The van der Waals surface area contributed by atoms with Gasteiger partial charge in [-0.05, 0) is 17.6 Å². The molecule has 0 unspecified atom stereocenters. The molecule has 0 heterocycles. The van der Waals surface area contributed by atoms with Crippen molar-refractivity contribution in [3.05, 3.63) is 24.3 Å². The lowest BCUT2D eigenvalue weighted by molar-refractivity contribution is 0.168. The van der Waals surface area contributed by atoms with Crippen LogP contribution in [0.1, 0.15) is 0 Å². The second-order valence-corrected chi connectivity index (χ2v) is 6.15. The summed E-state index contributed by atoms with van der Waals surface area (Å²) in [5, 5.41) is 20.3. The van der Waals surface area contributed by atoms with Crippen LogP contribution < -0.4 is 10.8 Å². The van der Waals surface area contributed by atoms with Gasteiger partial charge in [0.15, 0.2) is 9.84 Å². The van der Waals surface area contributed by atoms with Crippen LogP contribution in [0.25, 0.3) is 0 Å². The molecule has 104 valence electrons. The third kappa shape index (κ3) is 6.23. The van der Waals surface area contributed by atoms with Crippen molar-refractivity contribution in [1.29, 1.82) is 0 Å². The van der Waals surface area contributed by atoms with Gasteiger partial charge >= 0.3 is 13.2 Å². The van der Waals surface area contributed by atoms with Crippen LogP contribution >= 0.6 is 0 Å². The molecule has 3 N–H and O–H groups in total. The van der Waals surface area contributed by atoms with Gasteiger partial charge in [0, 0.05) is 11.9 Å². The summed E-state index contributed by atoms with van der Waals surface area (Å²) in [4.78, 5) is 11.3. The minimum atomic E-state index is -3.18. The zero-order valence-corrected chi connectivity index (χ0v) is 11.1. The molecule has 0 atom stereocenters. The highest BCUT2D eigenvalue weighted by Crippen LogP contribution is 2.04. The number of nitrogens with one attached hydrogen (secondary N) is 1. The first kappa shape index (κ1) is 15.5. The lowest BCUT2D eigenvalue weighted by atomic mass is 9.80. The van der Waals surface area contributed by atoms with Crippen molar-refractivity contribution < 1.29 is 28.0 Å². The monoisotopic (exact) mass is 287 g/mol. The fourth-order valence-corrected chi connectivity index (χ4v) is 1.60. The molecule has 1 amide bonds. The van der Waals surface area contributed by atoms with Crippen molar-refractivity contribution in [2.24, 2.45) is 0 Å². The van der Waals surface area contributed by atoms with Crippen LogP contribution in [-0.2, 0) is 14.6 Å². The topological polar surface area (TPSA) is 113 Å². The Labute approximate surface area is 111 Å². The van der Waals surface area contributed by atoms with E-state index in [1.165, 1.54) is 24.3 Å². The Morgan fingerprint density at radius 2 is 2.11 bits per heavy atom. The molecule has 0 aliphatic rings. The summed E-state index contributed by atoms with van der Waals surface area (Å²) < 4.78 is 26.3. The van der Waals surface area contributed by atoms with Crippen molar-refractivity contribution in [2.45, 2.75) is 0 Å². The summed E-state index contributed by atoms with van der Waals surface area (Å²) in [6, 6.07) is 5.90. The molecule has 1 rings (SSSR count). The molecule has 0 aliphatic carbocycles. The summed E-state index contributed by atoms with van der Waals surface area (Å²) in [6.07, 6.45) is 0.230. The summed E-state index contributed by atoms with van der Waals surface area (Å²) >= 11 is 0. The Balaban J connectivity index is 2.50. The molecule has 1 aromatic carbocycles. The smallest absolute Gasteiger partial charge is 0.448 e. The highest BCUT2D eigenvalue weighted by Gasteiger charge is 2.12. The molecule has 9 heteroatoms. The van der Waals surface area contributed by atoms with E-state index in [2.05, 4.69) is 10.1 Å². The predicted octanol–water partition coefficient (Wildman–Crippen LogP) is -1.04. The third-order valence-electron chi connectivity index (χ3n) is 2.12. The molecule has 0 aliphatic heterocycles. The Morgan fingerprint density at radius 3 is 2.68 bits per heavy atom. The molecular formula is C10H14BNO6S. The first-order valence-corrected chi connectivity index (χ1v) is 7.41. The number of amides is 1. The van der Waals surface area contributed by atoms with Crippen molar-refractivity contribution >= 4 is 34.2 Å². The lowest BCUT2D eigenvalue weighted by Crippen LogP contribution is -2.30. The minimum absolute atomic E-state index is 0.217. The number of sulfone groups is 1. The van der Waals surface area contributed by atoms with Crippen LogP contribution in [0.5, 0.6) is 0 Å². The van der Waals surface area contributed by atoms with Gasteiger partial charge in [-0.2, -0.15) is 0 Å². The van der Waals surface area contributed by atoms with Gasteiger partial charge in [-0.25, -0.2) is 13.2 Å². The van der Waals surface area contributed by atoms with Gasteiger partial charge in [0.05, 0.1) is 5.75 Å². The quantitative estimate of drug-likeness (QED) is 0.596. The zero-order valence-electron chi connectivity index (χ0n) is 10.2. The molecule has 0 saturated carbocycles. The highest BCUT2D eigenvalue weighted by molar-refractivity contribution is 7.90. The van der Waals surface area contributed by atoms with E-state index in [0.717, 1.165) is 6.26 Å². The number of carbonyl (C=O) groups is 1. The number of ether oxygens (including phenoxy) is 1. The van der Waals surface area contributed by atoms with E-state index >= 15 is 0 Å². The van der Waals surface area contributed by atoms with Gasteiger partial charge in [0.2, 0.25) is 0 Å². The second kappa shape index (κ2) is 6.55. The van der Waals surface area contributed by atoms with Crippen molar-refractivity contribution in [1.82, 2.24) is 0 Å². The molecule has 0 aromatic heterocycles. The molecule has 1 aromatic rings. The van der Waals surface area contributed by atoms with E-state index in [4.69, 9.17) is 10.0 Å². The average Bonchev–Trinajstić information content (AvgIpc) is 2.27. The Kier molecular flexibility index (Phi) is 5.34. The molecule has 7 nitrogen and oxygen atoms in total. The lowest BCUT2D eigenvalue weighted by Gasteiger charge is -2.07. The standard InChI is InChI=1S/C10H14BNO6S/c1-19(16,17)6-5-18-10(13)12-9-4-2-3-8(7-9)11(14)15/h2-4,7,14-15H,5-6H2,1H3,(H,12,13). The van der Waals surface area contributed by atoms with Crippen molar-refractivity contribution in [3.8, 4) is 0 Å². The van der Waals surface area contributed by atoms with Crippen LogP contribution in [0, 0.1) is 0 Å². The molecule has 0 fully saturated rings. The van der Waals surface area contributed by atoms with Gasteiger partial charge in [0.25, 0.3) is 0 Å². The van der Waals surface area contributed by atoms with E-state index < -0.39 is 23.0 Å². The van der Waals surface area contributed by atoms with Crippen molar-refractivity contribution in [2.75, 3.05) is 23.9 Å². The summed E-state index contributed by atoms with van der Waals surface area (Å²) in [5.41, 5.74) is 0.531. The fraction of sp³-hybridized carbons (Fsp3) is 0.300. The number of rotatable bonds is 5. The van der Waals surface area contributed by atoms with Gasteiger partial charge in [-0.3, -0.25) is 5.32 Å². The maximum atomic E-state index is 11.3. The molecule has 19 heavy (non-hydrogen) atoms. The second-order valence-electron chi connectivity index (χ2n) is 3.89. The first-order chi connectivity index (χ1) is 8.78. The highest BCUT2D eigenvalue weighted by atomic mass is 32.2. The number of anilines is 1. The maximum absolute atomic E-state index is 11.3. The van der Waals surface area contributed by atoms with E-state index in [9.17, 15) is 13.2 Å². The van der Waals surface area contributed by atoms with Crippen LogP contribution in [0.15, 0.2) is 24.3 Å². The van der Waals surface area contributed by atoms with E-state index in [-0.39, 0.29) is 17.8 Å². The summed E-state index contributed by atoms with van der Waals surface area (Å²) in [5.74, 6) is -0.254. The predicted molar refractivity (Wildman–Crippen MR) is 70.9 cm³/mol. The zero-order chi connectivity index (χ0) is 14.5. The first-order valence-electron chi connectivity index (χ1n) is 5.35. The Hall–Kier alpha value is -1.58. The number of hydrogen-bond acceptors (Lipinski definition) is 6. The molecule has 0 saturated heterocycles. The summed E-state index contributed by atoms with van der Waals surface area (Å²) in [6.45, 7) is -0.243. The largest absolute Gasteiger partial charge is 0.488 e. The van der Waals surface area contributed by atoms with E-state index in [0.29, 0.717) is 5.69 Å². The van der Waals surface area contributed by atoms with Gasteiger partial charge in [-0.15, -0.1) is 0 Å². The fourth-order valence-electron chi connectivity index (χ4n) is 1.22. The number of hydrogen-bond donors (Lipinski definition) is 3. The normalized spacial score (nSPS) is 10.9. The number of carbonyl (C=O) groups excluding carboxylic acids is 1. The third-order valence-corrected chi connectivity index (χ3v) is 3.03. The molecule has 0 radical (unpaired) electrons. The summed E-state index contributed by atoms with van der Waals surface area (Å²) in [7, 11) is -4.82. The van der Waals surface area contributed by atoms with Crippen LogP contribution in [0.2, 0.25) is 0 Å². The van der Waals surface area contributed by atoms with Crippen LogP contribution in [0.4, 0.5) is 10.5 Å². The van der Waals surface area contributed by atoms with Gasteiger partial charge < -0.3 is 14.8 Å². The van der Waals surface area contributed by atoms with Gasteiger partial charge in [0.1, 0.15) is 6.61 Å². The minimum Gasteiger partial charge on any atom is -0.448 e. The molecule has 0 spiro atoms. The Bertz CT molecular complexity index is 545. The Morgan fingerprint density at radius 1 is 1.42 bits per heavy atom. The van der Waals surface area contributed by atoms with Gasteiger partial charge in [-0.1, -0.05) is 12.1 Å². The van der Waals surface area contributed by atoms with E-state index in [1.807, 2.05) is 0 Å². The van der Waals surface area contributed by atoms with Crippen molar-refractivity contribution in [3.63, 3.8) is 0 Å². The van der Waals surface area contributed by atoms with E-state index in [1.54, 1.807) is 0 Å². The van der Waals surface area contributed by atoms with Crippen LogP contribution in [0.3, 0.4) is 0 Å². The molecule has 0 bridgehead atoms. The molecular weight excluding hydrogens is 273 g/mol. The number of benzene rings is 1. The van der Waals surface area contributed by atoms with Crippen LogP contribution in [-0.4, -0.2) is 50.3 Å². The average molecular weight is 287 g/mol.